The van der Waals surface area contributed by atoms with Crippen LogP contribution in [0.1, 0.15) is 26.6 Å². The molecule has 33 heavy (non-hydrogen) atoms. The minimum atomic E-state index is -0.451. The Labute approximate surface area is 195 Å². The number of hydrogen-bond acceptors (Lipinski definition) is 6. The molecule has 1 amide bonds. The Balaban J connectivity index is 1.27. The first kappa shape index (κ1) is 22.2. The van der Waals surface area contributed by atoms with E-state index in [4.69, 9.17) is 9.47 Å². The fourth-order valence-electron chi connectivity index (χ4n) is 3.05. The van der Waals surface area contributed by atoms with E-state index >= 15 is 0 Å². The molecular formula is C26H22N2O4S. The van der Waals surface area contributed by atoms with E-state index in [2.05, 4.69) is 10.3 Å². The standard InChI is InChI=1S/C26H22N2O4S/c1-18-7-5-6-10-23(18)28-24(29)15-25-27-20(17-33-25)16-31-26(30)19-11-13-22(14-12-19)32-21-8-3-2-4-9-21/h2-14,17H,15-16H2,1H3,(H,28,29). The number of aryl methyl sites for hydroxylation is 1. The van der Waals surface area contributed by atoms with Crippen molar-refractivity contribution in [1.82, 2.24) is 4.98 Å². The number of benzene rings is 3. The highest BCUT2D eigenvalue weighted by molar-refractivity contribution is 7.09. The molecule has 6 nitrogen and oxygen atoms in total. The molecule has 0 aliphatic heterocycles. The number of carbonyl (C=O) groups is 2. The molecule has 4 rings (SSSR count). The van der Waals surface area contributed by atoms with Gasteiger partial charge in [0.2, 0.25) is 5.91 Å². The molecule has 0 aliphatic carbocycles. The van der Waals surface area contributed by atoms with Gasteiger partial charge < -0.3 is 14.8 Å². The van der Waals surface area contributed by atoms with Gasteiger partial charge in [-0.3, -0.25) is 4.79 Å². The van der Waals surface area contributed by atoms with Crippen molar-refractivity contribution >= 4 is 28.9 Å². The number of carbonyl (C=O) groups excluding carboxylic acids is 2. The minimum Gasteiger partial charge on any atom is -0.457 e. The van der Waals surface area contributed by atoms with Crippen LogP contribution in [0.3, 0.4) is 0 Å². The van der Waals surface area contributed by atoms with Crippen LogP contribution in [0.25, 0.3) is 0 Å². The van der Waals surface area contributed by atoms with E-state index in [1.807, 2.05) is 61.5 Å². The van der Waals surface area contributed by atoms with Gasteiger partial charge in [-0.2, -0.15) is 0 Å². The van der Waals surface area contributed by atoms with E-state index < -0.39 is 5.97 Å². The first-order valence-corrected chi connectivity index (χ1v) is 11.2. The van der Waals surface area contributed by atoms with Gasteiger partial charge in [0.1, 0.15) is 23.1 Å². The molecule has 1 N–H and O–H groups in total. The average Bonchev–Trinajstić information content (AvgIpc) is 3.27. The monoisotopic (exact) mass is 458 g/mol. The van der Waals surface area contributed by atoms with Gasteiger partial charge in [-0.15, -0.1) is 11.3 Å². The number of thiazole rings is 1. The predicted molar refractivity (Wildman–Crippen MR) is 128 cm³/mol. The van der Waals surface area contributed by atoms with Crippen LogP contribution in [0, 0.1) is 6.92 Å². The molecule has 7 heteroatoms. The van der Waals surface area contributed by atoms with E-state index in [0.717, 1.165) is 17.0 Å². The second-order valence-electron chi connectivity index (χ2n) is 7.29. The van der Waals surface area contributed by atoms with Crippen LogP contribution in [-0.4, -0.2) is 16.9 Å². The van der Waals surface area contributed by atoms with E-state index in [9.17, 15) is 9.59 Å². The van der Waals surface area contributed by atoms with Crippen molar-refractivity contribution in [3.63, 3.8) is 0 Å². The molecule has 3 aromatic carbocycles. The van der Waals surface area contributed by atoms with Gasteiger partial charge in [-0.25, -0.2) is 9.78 Å². The van der Waals surface area contributed by atoms with Crippen LogP contribution in [-0.2, 0) is 22.6 Å². The highest BCUT2D eigenvalue weighted by atomic mass is 32.1. The molecule has 166 valence electrons. The molecule has 0 radical (unpaired) electrons. The lowest BCUT2D eigenvalue weighted by atomic mass is 10.2. The lowest BCUT2D eigenvalue weighted by Gasteiger charge is -2.07. The third kappa shape index (κ3) is 6.27. The second-order valence-corrected chi connectivity index (χ2v) is 8.23. The Morgan fingerprint density at radius 2 is 1.61 bits per heavy atom. The maximum Gasteiger partial charge on any atom is 0.338 e. The number of ether oxygens (including phenoxy) is 2. The molecule has 0 fully saturated rings. The molecule has 0 unspecified atom stereocenters. The van der Waals surface area contributed by atoms with Crippen molar-refractivity contribution in [2.75, 3.05) is 5.32 Å². The van der Waals surface area contributed by atoms with Crippen LogP contribution < -0.4 is 10.1 Å². The summed E-state index contributed by atoms with van der Waals surface area (Å²) in [6.07, 6.45) is 0.163. The molecule has 0 aliphatic rings. The third-order valence-corrected chi connectivity index (χ3v) is 5.65. The Morgan fingerprint density at radius 1 is 0.909 bits per heavy atom. The second kappa shape index (κ2) is 10.6. The van der Waals surface area contributed by atoms with Gasteiger partial charge in [0.05, 0.1) is 17.7 Å². The number of nitrogens with zero attached hydrogens (tertiary/aromatic N) is 1. The zero-order chi connectivity index (χ0) is 23.0. The SMILES string of the molecule is Cc1ccccc1NC(=O)Cc1nc(COC(=O)c2ccc(Oc3ccccc3)cc2)cs1. The van der Waals surface area contributed by atoms with Gasteiger partial charge in [0.15, 0.2) is 0 Å². The molecule has 0 bridgehead atoms. The Bertz CT molecular complexity index is 1240. The van der Waals surface area contributed by atoms with Crippen molar-refractivity contribution in [1.29, 1.82) is 0 Å². The number of esters is 1. The summed E-state index contributed by atoms with van der Waals surface area (Å²) in [5.74, 6) is 0.763. The van der Waals surface area contributed by atoms with Crippen LogP contribution in [0.15, 0.2) is 84.2 Å². The fourth-order valence-corrected chi connectivity index (χ4v) is 3.83. The molecule has 0 saturated heterocycles. The largest absolute Gasteiger partial charge is 0.457 e. The molecule has 4 aromatic rings. The number of anilines is 1. The lowest BCUT2D eigenvalue weighted by molar-refractivity contribution is -0.115. The lowest BCUT2D eigenvalue weighted by Crippen LogP contribution is -2.15. The molecule has 0 spiro atoms. The van der Waals surface area contributed by atoms with Gasteiger partial charge >= 0.3 is 5.97 Å². The number of nitrogens with one attached hydrogen (secondary N) is 1. The van der Waals surface area contributed by atoms with E-state index in [1.165, 1.54) is 11.3 Å². The Hall–Kier alpha value is -3.97. The number of hydrogen-bond donors (Lipinski definition) is 1. The zero-order valence-electron chi connectivity index (χ0n) is 18.0. The number of para-hydroxylation sites is 2. The molecule has 0 saturated carbocycles. The van der Waals surface area contributed by atoms with Gasteiger partial charge in [-0.05, 0) is 55.0 Å². The first-order valence-electron chi connectivity index (χ1n) is 10.4. The molecule has 0 atom stereocenters. The Kier molecular flexibility index (Phi) is 7.12. The zero-order valence-corrected chi connectivity index (χ0v) is 18.8. The topological polar surface area (TPSA) is 77.5 Å². The smallest absolute Gasteiger partial charge is 0.338 e. The number of aromatic nitrogens is 1. The minimum absolute atomic E-state index is 0.0387. The van der Waals surface area contributed by atoms with Gasteiger partial charge in [0, 0.05) is 11.1 Å². The fraction of sp³-hybridized carbons (Fsp3) is 0.115. The molecule has 1 aromatic heterocycles. The van der Waals surface area contributed by atoms with Crippen LogP contribution in [0.2, 0.25) is 0 Å². The summed E-state index contributed by atoms with van der Waals surface area (Å²) in [6, 6.07) is 23.8. The van der Waals surface area contributed by atoms with Crippen LogP contribution >= 0.6 is 11.3 Å². The summed E-state index contributed by atoms with van der Waals surface area (Å²) in [5.41, 5.74) is 2.81. The summed E-state index contributed by atoms with van der Waals surface area (Å²) < 4.78 is 11.1. The van der Waals surface area contributed by atoms with Gasteiger partial charge in [-0.1, -0.05) is 36.4 Å². The van der Waals surface area contributed by atoms with Crippen molar-refractivity contribution in [3.8, 4) is 11.5 Å². The van der Waals surface area contributed by atoms with Crippen molar-refractivity contribution < 1.29 is 19.1 Å². The summed E-state index contributed by atoms with van der Waals surface area (Å²) in [5, 5.41) is 5.35. The van der Waals surface area contributed by atoms with Crippen LogP contribution in [0.5, 0.6) is 11.5 Å². The summed E-state index contributed by atoms with van der Waals surface area (Å²) in [7, 11) is 0. The normalized spacial score (nSPS) is 10.5. The third-order valence-electron chi connectivity index (χ3n) is 4.75. The van der Waals surface area contributed by atoms with Crippen molar-refractivity contribution in [2.45, 2.75) is 20.0 Å². The number of rotatable bonds is 8. The molecule has 1 heterocycles. The summed E-state index contributed by atoms with van der Waals surface area (Å²) in [6.45, 7) is 1.98. The first-order chi connectivity index (χ1) is 16.1. The maximum atomic E-state index is 12.4. The number of amides is 1. The predicted octanol–water partition coefficient (Wildman–Crippen LogP) is 5.78. The van der Waals surface area contributed by atoms with E-state index in [1.54, 1.807) is 29.6 Å². The van der Waals surface area contributed by atoms with E-state index in [-0.39, 0.29) is 18.9 Å². The highest BCUT2D eigenvalue weighted by Gasteiger charge is 2.12. The Morgan fingerprint density at radius 3 is 2.36 bits per heavy atom. The van der Waals surface area contributed by atoms with E-state index in [0.29, 0.717) is 22.0 Å². The quantitative estimate of drug-likeness (QED) is 0.339. The summed E-state index contributed by atoms with van der Waals surface area (Å²) >= 11 is 1.36. The van der Waals surface area contributed by atoms with Crippen molar-refractivity contribution in [2.24, 2.45) is 0 Å². The van der Waals surface area contributed by atoms with Crippen molar-refractivity contribution in [3.05, 3.63) is 106 Å². The summed E-state index contributed by atoms with van der Waals surface area (Å²) in [4.78, 5) is 29.1. The average molecular weight is 459 g/mol. The highest BCUT2D eigenvalue weighted by Crippen LogP contribution is 2.22. The van der Waals surface area contributed by atoms with Gasteiger partial charge in [0.25, 0.3) is 0 Å². The maximum absolute atomic E-state index is 12.4. The van der Waals surface area contributed by atoms with Crippen LogP contribution in [0.4, 0.5) is 5.69 Å². The molecular weight excluding hydrogens is 436 g/mol.